The van der Waals surface area contributed by atoms with Crippen LogP contribution in [0, 0.1) is 0 Å². The molecule has 1 unspecified atom stereocenters. The van der Waals surface area contributed by atoms with E-state index in [1.54, 1.807) is 18.8 Å². The van der Waals surface area contributed by atoms with Crippen molar-refractivity contribution in [3.05, 3.63) is 0 Å². The average molecular weight is 239 g/mol. The lowest BCUT2D eigenvalue weighted by Crippen LogP contribution is -2.38. The van der Waals surface area contributed by atoms with E-state index in [0.29, 0.717) is 6.42 Å². The fraction of sp³-hybridized carbons (Fsp3) is 1.00. The molecule has 0 bridgehead atoms. The van der Waals surface area contributed by atoms with Crippen molar-refractivity contribution in [3.63, 3.8) is 0 Å². The monoisotopic (exact) mass is 239 g/mol. The summed E-state index contributed by atoms with van der Waals surface area (Å²) in [6.45, 7) is -0.0630. The molecule has 0 aromatic rings. The number of sulfonamides is 1. The van der Waals surface area contributed by atoms with Crippen molar-refractivity contribution in [2.75, 3.05) is 30.9 Å². The van der Waals surface area contributed by atoms with Crippen molar-refractivity contribution in [3.8, 4) is 0 Å². The van der Waals surface area contributed by atoms with Crippen molar-refractivity contribution >= 4 is 21.8 Å². The number of hydrogen-bond acceptors (Lipinski definition) is 4. The predicted octanol–water partition coefficient (Wildman–Crippen LogP) is 0.136. The number of rotatable bonds is 5. The van der Waals surface area contributed by atoms with Gasteiger partial charge in [0.1, 0.15) is 0 Å². The van der Waals surface area contributed by atoms with Crippen LogP contribution in [0.15, 0.2) is 0 Å². The standard InChI is InChI=1S/C8H17NO3S2/c1-9(8-3-5-13-7-8)14(11,12)6-2-4-10/h8,10H,2-7H2,1H3. The van der Waals surface area contributed by atoms with Crippen LogP contribution in [0.3, 0.4) is 0 Å². The van der Waals surface area contributed by atoms with E-state index >= 15 is 0 Å². The highest BCUT2D eigenvalue weighted by Gasteiger charge is 2.28. The first-order valence-electron chi connectivity index (χ1n) is 4.72. The molecule has 0 radical (unpaired) electrons. The zero-order chi connectivity index (χ0) is 10.6. The van der Waals surface area contributed by atoms with Crippen molar-refractivity contribution in [2.24, 2.45) is 0 Å². The minimum Gasteiger partial charge on any atom is -0.396 e. The molecule has 0 aliphatic carbocycles. The van der Waals surface area contributed by atoms with Crippen molar-refractivity contribution in [1.29, 1.82) is 0 Å². The first-order chi connectivity index (χ1) is 6.58. The average Bonchev–Trinajstić information content (AvgIpc) is 2.66. The van der Waals surface area contributed by atoms with E-state index in [0.717, 1.165) is 17.9 Å². The Labute approximate surface area is 89.7 Å². The van der Waals surface area contributed by atoms with Gasteiger partial charge in [-0.05, 0) is 18.6 Å². The van der Waals surface area contributed by atoms with Gasteiger partial charge >= 0.3 is 0 Å². The van der Waals surface area contributed by atoms with Crippen molar-refractivity contribution in [2.45, 2.75) is 18.9 Å². The van der Waals surface area contributed by atoms with Gasteiger partial charge in [0.15, 0.2) is 0 Å². The summed E-state index contributed by atoms with van der Waals surface area (Å²) in [5.74, 6) is 2.00. The second-order valence-electron chi connectivity index (χ2n) is 3.43. The number of aliphatic hydroxyl groups is 1. The highest BCUT2D eigenvalue weighted by Crippen LogP contribution is 2.23. The van der Waals surface area contributed by atoms with Gasteiger partial charge in [0.05, 0.1) is 5.75 Å². The van der Waals surface area contributed by atoms with Gasteiger partial charge in [-0.2, -0.15) is 11.8 Å². The molecular weight excluding hydrogens is 222 g/mol. The Morgan fingerprint density at radius 2 is 2.29 bits per heavy atom. The van der Waals surface area contributed by atoms with E-state index in [2.05, 4.69) is 0 Å². The lowest BCUT2D eigenvalue weighted by atomic mass is 10.3. The Balaban J connectivity index is 2.52. The van der Waals surface area contributed by atoms with Gasteiger partial charge in [-0.3, -0.25) is 0 Å². The molecule has 1 atom stereocenters. The Hall–Kier alpha value is 0.220. The summed E-state index contributed by atoms with van der Waals surface area (Å²) in [4.78, 5) is 0. The normalized spacial score (nSPS) is 23.2. The van der Waals surface area contributed by atoms with Crippen molar-refractivity contribution < 1.29 is 13.5 Å². The van der Waals surface area contributed by atoms with Crippen LogP contribution in [0.25, 0.3) is 0 Å². The van der Waals surface area contributed by atoms with Crippen LogP contribution in [-0.4, -0.2) is 54.8 Å². The minimum atomic E-state index is -3.15. The molecule has 6 heteroatoms. The SMILES string of the molecule is CN(C1CCSC1)S(=O)(=O)CCCO. The Morgan fingerprint density at radius 3 is 2.79 bits per heavy atom. The molecule has 1 saturated heterocycles. The lowest BCUT2D eigenvalue weighted by molar-refractivity contribution is 0.293. The fourth-order valence-electron chi connectivity index (χ4n) is 1.43. The predicted molar refractivity (Wildman–Crippen MR) is 59.0 cm³/mol. The van der Waals surface area contributed by atoms with Gasteiger partial charge < -0.3 is 5.11 Å². The summed E-state index contributed by atoms with van der Waals surface area (Å²) in [7, 11) is -1.50. The molecule has 14 heavy (non-hydrogen) atoms. The number of hydrogen-bond donors (Lipinski definition) is 1. The van der Waals surface area contributed by atoms with Gasteiger partial charge in [-0.15, -0.1) is 0 Å². The Bertz CT molecular complexity index is 260. The van der Waals surface area contributed by atoms with Crippen LogP contribution < -0.4 is 0 Å². The molecule has 4 nitrogen and oxygen atoms in total. The van der Waals surface area contributed by atoms with Gasteiger partial charge in [0, 0.05) is 25.4 Å². The molecule has 1 fully saturated rings. The zero-order valence-electron chi connectivity index (χ0n) is 8.35. The molecule has 1 aliphatic rings. The molecular formula is C8H17NO3S2. The first kappa shape index (κ1) is 12.3. The number of aliphatic hydroxyl groups excluding tert-OH is 1. The summed E-state index contributed by atoms with van der Waals surface area (Å²) in [5, 5.41) is 8.59. The van der Waals surface area contributed by atoms with Crippen LogP contribution in [-0.2, 0) is 10.0 Å². The van der Waals surface area contributed by atoms with E-state index < -0.39 is 10.0 Å². The van der Waals surface area contributed by atoms with E-state index in [-0.39, 0.29) is 18.4 Å². The topological polar surface area (TPSA) is 57.6 Å². The first-order valence-corrected chi connectivity index (χ1v) is 7.48. The molecule has 84 valence electrons. The van der Waals surface area contributed by atoms with E-state index in [9.17, 15) is 8.42 Å². The maximum atomic E-state index is 11.7. The van der Waals surface area contributed by atoms with Gasteiger partial charge in [0.25, 0.3) is 0 Å². The Kier molecular flexibility index (Phi) is 4.69. The van der Waals surface area contributed by atoms with Gasteiger partial charge in [-0.25, -0.2) is 12.7 Å². The molecule has 0 spiro atoms. The van der Waals surface area contributed by atoms with E-state index in [4.69, 9.17) is 5.11 Å². The quantitative estimate of drug-likeness (QED) is 0.741. The summed E-state index contributed by atoms with van der Waals surface area (Å²) in [5.41, 5.74) is 0. The fourth-order valence-corrected chi connectivity index (χ4v) is 4.21. The molecule has 0 saturated carbocycles. The Morgan fingerprint density at radius 1 is 1.57 bits per heavy atom. The molecule has 0 aromatic heterocycles. The summed E-state index contributed by atoms with van der Waals surface area (Å²) < 4.78 is 24.8. The number of nitrogens with zero attached hydrogens (tertiary/aromatic N) is 1. The third kappa shape index (κ3) is 3.12. The maximum absolute atomic E-state index is 11.7. The lowest BCUT2D eigenvalue weighted by Gasteiger charge is -2.22. The molecule has 0 amide bonds. The zero-order valence-corrected chi connectivity index (χ0v) is 9.98. The van der Waals surface area contributed by atoms with Crippen LogP contribution in [0.5, 0.6) is 0 Å². The molecule has 1 heterocycles. The summed E-state index contributed by atoms with van der Waals surface area (Å²) >= 11 is 1.79. The van der Waals surface area contributed by atoms with Crippen molar-refractivity contribution in [1.82, 2.24) is 4.31 Å². The third-order valence-corrected chi connectivity index (χ3v) is 5.54. The second kappa shape index (κ2) is 5.34. The van der Waals surface area contributed by atoms with E-state index in [1.807, 2.05) is 0 Å². The summed E-state index contributed by atoms with van der Waals surface area (Å²) in [6, 6.07) is 0.156. The van der Waals surface area contributed by atoms with Crippen LogP contribution in [0.1, 0.15) is 12.8 Å². The minimum absolute atomic E-state index is 0.0567. The van der Waals surface area contributed by atoms with Gasteiger partial charge in [0.2, 0.25) is 10.0 Å². The second-order valence-corrected chi connectivity index (χ2v) is 6.72. The molecule has 1 N–H and O–H groups in total. The summed E-state index contributed by atoms with van der Waals surface area (Å²) in [6.07, 6.45) is 1.27. The highest BCUT2D eigenvalue weighted by atomic mass is 32.2. The van der Waals surface area contributed by atoms with Crippen LogP contribution in [0.2, 0.25) is 0 Å². The third-order valence-electron chi connectivity index (χ3n) is 2.42. The molecule has 1 aliphatic heterocycles. The van der Waals surface area contributed by atoms with E-state index in [1.165, 1.54) is 4.31 Å². The largest absolute Gasteiger partial charge is 0.396 e. The maximum Gasteiger partial charge on any atom is 0.214 e. The smallest absolute Gasteiger partial charge is 0.214 e. The highest BCUT2D eigenvalue weighted by molar-refractivity contribution is 7.99. The number of thioether (sulfide) groups is 1. The van der Waals surface area contributed by atoms with Gasteiger partial charge in [-0.1, -0.05) is 0 Å². The van der Waals surface area contributed by atoms with Crippen LogP contribution in [0.4, 0.5) is 0 Å². The van der Waals surface area contributed by atoms with Crippen LogP contribution >= 0.6 is 11.8 Å². The molecule has 1 rings (SSSR count). The molecule has 0 aromatic carbocycles.